The Balaban J connectivity index is 1.85. The quantitative estimate of drug-likeness (QED) is 0.774. The molecule has 26 heavy (non-hydrogen) atoms. The number of hydrogen-bond acceptors (Lipinski definition) is 4. The van der Waals surface area contributed by atoms with Gasteiger partial charge in [0.1, 0.15) is 6.04 Å². The number of nitrogens with two attached hydrogens (primary N) is 1. The molecule has 6 heteroatoms. The minimum Gasteiger partial charge on any atom is -0.469 e. The molecule has 0 unspecified atom stereocenters. The Morgan fingerprint density at radius 1 is 1.04 bits per heavy atom. The third kappa shape index (κ3) is 3.31. The summed E-state index contributed by atoms with van der Waals surface area (Å²) in [6.07, 6.45) is 0.103. The maximum Gasteiger partial charge on any atom is 0.305 e. The molecule has 0 heterocycles. The minimum atomic E-state index is -0.929. The molecule has 1 aliphatic carbocycles. The number of methoxy groups -OCH3 is 1. The van der Waals surface area contributed by atoms with Crippen molar-refractivity contribution < 1.29 is 19.1 Å². The number of fused-ring (bicyclic) bond motifs is 3. The number of nitrogens with one attached hydrogen (secondary N) is 1. The number of benzene rings is 2. The molecule has 6 nitrogen and oxygen atoms in total. The summed E-state index contributed by atoms with van der Waals surface area (Å²) in [5.74, 6) is -1.96. The number of primary amides is 1. The second-order valence-electron chi connectivity index (χ2n) is 6.19. The summed E-state index contributed by atoms with van der Waals surface area (Å²) in [5, 5.41) is 2.70. The predicted molar refractivity (Wildman–Crippen MR) is 96.1 cm³/mol. The maximum atomic E-state index is 13.0. The van der Waals surface area contributed by atoms with Crippen molar-refractivity contribution in [1.29, 1.82) is 0 Å². The summed E-state index contributed by atoms with van der Waals surface area (Å²) in [4.78, 5) is 36.0. The fourth-order valence-corrected chi connectivity index (χ4v) is 3.34. The normalized spacial score (nSPS) is 13.4. The van der Waals surface area contributed by atoms with Gasteiger partial charge < -0.3 is 15.8 Å². The van der Waals surface area contributed by atoms with Gasteiger partial charge in [0.2, 0.25) is 11.8 Å². The Morgan fingerprint density at radius 3 is 2.08 bits per heavy atom. The molecule has 2 amide bonds. The van der Waals surface area contributed by atoms with Gasteiger partial charge in [-0.05, 0) is 28.7 Å². The zero-order valence-electron chi connectivity index (χ0n) is 14.4. The predicted octanol–water partition coefficient (Wildman–Crippen LogP) is 1.72. The second-order valence-corrected chi connectivity index (χ2v) is 6.19. The summed E-state index contributed by atoms with van der Waals surface area (Å²) in [6, 6.07) is 14.5. The SMILES string of the molecule is COC(=O)CC[C@H](NC(=O)C1c2ccccc2-c2ccccc21)C(N)=O. The van der Waals surface area contributed by atoms with Crippen LogP contribution >= 0.6 is 0 Å². The smallest absolute Gasteiger partial charge is 0.305 e. The van der Waals surface area contributed by atoms with Gasteiger partial charge in [-0.3, -0.25) is 14.4 Å². The summed E-state index contributed by atoms with van der Waals surface area (Å²) in [5.41, 5.74) is 9.19. The van der Waals surface area contributed by atoms with E-state index in [9.17, 15) is 14.4 Å². The van der Waals surface area contributed by atoms with Crippen LogP contribution in [0.15, 0.2) is 48.5 Å². The van der Waals surface area contributed by atoms with Crippen molar-refractivity contribution >= 4 is 17.8 Å². The van der Waals surface area contributed by atoms with Crippen LogP contribution in [-0.4, -0.2) is 30.9 Å². The van der Waals surface area contributed by atoms with Gasteiger partial charge in [-0.1, -0.05) is 48.5 Å². The van der Waals surface area contributed by atoms with Crippen molar-refractivity contribution in [3.63, 3.8) is 0 Å². The molecule has 3 N–H and O–H groups in total. The van der Waals surface area contributed by atoms with Crippen LogP contribution in [0.25, 0.3) is 11.1 Å². The van der Waals surface area contributed by atoms with Gasteiger partial charge in [0.15, 0.2) is 0 Å². The lowest BCUT2D eigenvalue weighted by molar-refractivity contribution is -0.141. The first-order chi connectivity index (χ1) is 12.5. The van der Waals surface area contributed by atoms with Gasteiger partial charge in [-0.25, -0.2) is 0 Å². The minimum absolute atomic E-state index is 0.00221. The third-order valence-corrected chi connectivity index (χ3v) is 4.62. The Labute approximate surface area is 151 Å². The first-order valence-electron chi connectivity index (χ1n) is 8.37. The fourth-order valence-electron chi connectivity index (χ4n) is 3.34. The van der Waals surface area contributed by atoms with Crippen LogP contribution in [0.1, 0.15) is 29.9 Å². The molecule has 0 fully saturated rings. The highest BCUT2D eigenvalue weighted by molar-refractivity contribution is 5.98. The monoisotopic (exact) mass is 352 g/mol. The lowest BCUT2D eigenvalue weighted by Gasteiger charge is -2.19. The Hall–Kier alpha value is -3.15. The molecule has 0 saturated heterocycles. The average Bonchev–Trinajstić information content (AvgIpc) is 2.99. The highest BCUT2D eigenvalue weighted by atomic mass is 16.5. The molecular formula is C20H20N2O4. The van der Waals surface area contributed by atoms with E-state index in [0.717, 1.165) is 22.3 Å². The average molecular weight is 352 g/mol. The Kier molecular flexibility index (Phi) is 5.02. The molecule has 2 aromatic carbocycles. The standard InChI is InChI=1S/C20H20N2O4/c1-26-17(23)11-10-16(19(21)24)22-20(25)18-14-8-4-2-6-12(14)13-7-3-5-9-15(13)18/h2-9,16,18H,10-11H2,1H3,(H2,21,24)(H,22,25)/t16-/m0/s1. The number of esters is 1. The summed E-state index contributed by atoms with van der Waals surface area (Å²) >= 11 is 0. The van der Waals surface area contributed by atoms with E-state index < -0.39 is 23.8 Å². The van der Waals surface area contributed by atoms with E-state index in [0.29, 0.717) is 0 Å². The highest BCUT2D eigenvalue weighted by Crippen LogP contribution is 2.44. The molecular weight excluding hydrogens is 332 g/mol. The van der Waals surface area contributed by atoms with E-state index in [1.54, 1.807) is 0 Å². The van der Waals surface area contributed by atoms with E-state index >= 15 is 0 Å². The van der Waals surface area contributed by atoms with E-state index in [1.165, 1.54) is 7.11 Å². The van der Waals surface area contributed by atoms with Crippen molar-refractivity contribution in [3.05, 3.63) is 59.7 Å². The first-order valence-corrected chi connectivity index (χ1v) is 8.37. The van der Waals surface area contributed by atoms with Gasteiger partial charge in [0, 0.05) is 6.42 Å². The third-order valence-electron chi connectivity index (χ3n) is 4.62. The van der Waals surface area contributed by atoms with Crippen LogP contribution in [0.3, 0.4) is 0 Å². The Morgan fingerprint density at radius 2 is 1.58 bits per heavy atom. The van der Waals surface area contributed by atoms with Crippen molar-refractivity contribution in [2.45, 2.75) is 24.8 Å². The topological polar surface area (TPSA) is 98.5 Å². The summed E-state index contributed by atoms with van der Waals surface area (Å²) in [6.45, 7) is 0. The van der Waals surface area contributed by atoms with Crippen LogP contribution in [-0.2, 0) is 19.1 Å². The van der Waals surface area contributed by atoms with Gasteiger partial charge in [-0.2, -0.15) is 0 Å². The summed E-state index contributed by atoms with van der Waals surface area (Å²) < 4.78 is 4.57. The van der Waals surface area contributed by atoms with Crippen LogP contribution in [0.2, 0.25) is 0 Å². The lowest BCUT2D eigenvalue weighted by atomic mass is 9.95. The van der Waals surface area contributed by atoms with Crippen molar-refractivity contribution in [2.24, 2.45) is 5.73 Å². The highest BCUT2D eigenvalue weighted by Gasteiger charge is 2.34. The van der Waals surface area contributed by atoms with Crippen molar-refractivity contribution in [1.82, 2.24) is 5.32 Å². The largest absolute Gasteiger partial charge is 0.469 e. The molecule has 0 bridgehead atoms. The molecule has 0 aliphatic heterocycles. The fraction of sp³-hybridized carbons (Fsp3) is 0.250. The molecule has 1 atom stereocenters. The number of ether oxygens (including phenoxy) is 1. The summed E-state index contributed by atoms with van der Waals surface area (Å²) in [7, 11) is 1.27. The molecule has 0 aromatic heterocycles. The first kappa shape index (κ1) is 17.7. The molecule has 1 aliphatic rings. The van der Waals surface area contributed by atoms with Gasteiger partial charge in [-0.15, -0.1) is 0 Å². The number of hydrogen-bond donors (Lipinski definition) is 2. The van der Waals surface area contributed by atoms with E-state index in [-0.39, 0.29) is 18.7 Å². The zero-order valence-corrected chi connectivity index (χ0v) is 14.4. The molecule has 0 spiro atoms. The molecule has 0 radical (unpaired) electrons. The van der Waals surface area contributed by atoms with E-state index in [4.69, 9.17) is 5.73 Å². The second kappa shape index (κ2) is 7.39. The van der Waals surface area contributed by atoms with Crippen LogP contribution < -0.4 is 11.1 Å². The van der Waals surface area contributed by atoms with Gasteiger partial charge >= 0.3 is 5.97 Å². The van der Waals surface area contributed by atoms with E-state index in [2.05, 4.69) is 10.1 Å². The number of rotatable bonds is 6. The molecule has 0 saturated carbocycles. The van der Waals surface area contributed by atoms with Gasteiger partial charge in [0.25, 0.3) is 0 Å². The maximum absolute atomic E-state index is 13.0. The molecule has 3 rings (SSSR count). The Bertz CT molecular complexity index is 817. The van der Waals surface area contributed by atoms with Crippen LogP contribution in [0, 0.1) is 0 Å². The number of carbonyl (C=O) groups excluding carboxylic acids is 3. The molecule has 2 aromatic rings. The number of amides is 2. The number of carbonyl (C=O) groups is 3. The van der Waals surface area contributed by atoms with Crippen molar-refractivity contribution in [2.75, 3.05) is 7.11 Å². The van der Waals surface area contributed by atoms with E-state index in [1.807, 2.05) is 48.5 Å². The van der Waals surface area contributed by atoms with Crippen LogP contribution in [0.5, 0.6) is 0 Å². The lowest BCUT2D eigenvalue weighted by Crippen LogP contribution is -2.46. The zero-order chi connectivity index (χ0) is 18.7. The van der Waals surface area contributed by atoms with Crippen molar-refractivity contribution in [3.8, 4) is 11.1 Å². The van der Waals surface area contributed by atoms with Gasteiger partial charge in [0.05, 0.1) is 13.0 Å². The van der Waals surface area contributed by atoms with Crippen LogP contribution in [0.4, 0.5) is 0 Å². The molecule has 134 valence electrons.